The van der Waals surface area contributed by atoms with Crippen molar-refractivity contribution in [1.82, 2.24) is 0 Å². The van der Waals surface area contributed by atoms with Gasteiger partial charge in [0.15, 0.2) is 11.5 Å². The molecule has 5 nitrogen and oxygen atoms in total. The van der Waals surface area contributed by atoms with E-state index in [4.69, 9.17) is 9.47 Å². The fraction of sp³-hybridized carbons (Fsp3) is 0.316. The van der Waals surface area contributed by atoms with Crippen LogP contribution in [0.5, 0.6) is 11.5 Å². The fourth-order valence-corrected chi connectivity index (χ4v) is 3.19. The van der Waals surface area contributed by atoms with E-state index in [1.807, 2.05) is 36.1 Å². The maximum absolute atomic E-state index is 12.8. The molecule has 2 aromatic carbocycles. The maximum Gasteiger partial charge on any atom is 0.249 e. The van der Waals surface area contributed by atoms with Gasteiger partial charge in [0, 0.05) is 12.1 Å². The van der Waals surface area contributed by atoms with E-state index in [-0.39, 0.29) is 11.9 Å². The van der Waals surface area contributed by atoms with Gasteiger partial charge in [0.25, 0.3) is 0 Å². The molecule has 0 bridgehead atoms. The minimum absolute atomic E-state index is 0.0578. The van der Waals surface area contributed by atoms with Crippen molar-refractivity contribution < 1.29 is 14.3 Å². The highest BCUT2D eigenvalue weighted by molar-refractivity contribution is 6.05. The summed E-state index contributed by atoms with van der Waals surface area (Å²) >= 11 is 0. The number of nitrogens with zero attached hydrogens (tertiary/aromatic N) is 1. The molecule has 1 unspecified atom stereocenters. The molecule has 5 heteroatoms. The third-order valence-corrected chi connectivity index (χ3v) is 4.55. The lowest BCUT2D eigenvalue weighted by molar-refractivity contribution is -0.119. The summed E-state index contributed by atoms with van der Waals surface area (Å²) in [4.78, 5) is 14.6. The highest BCUT2D eigenvalue weighted by Crippen LogP contribution is 2.42. The number of carbonyl (C=O) groups excluding carboxylic acids is 1. The number of ether oxygens (including phenoxy) is 2. The first kappa shape index (κ1) is 14.9. The first-order chi connectivity index (χ1) is 11.6. The van der Waals surface area contributed by atoms with E-state index in [9.17, 15) is 4.79 Å². The molecule has 0 aromatic heterocycles. The molecule has 1 N–H and O–H groups in total. The molecule has 2 aliphatic heterocycles. The molecule has 2 aliphatic rings. The Hall–Kier alpha value is -2.69. The van der Waals surface area contributed by atoms with Gasteiger partial charge < -0.3 is 19.7 Å². The van der Waals surface area contributed by atoms with Crippen LogP contribution in [0.15, 0.2) is 36.4 Å². The molecule has 0 fully saturated rings. The number of fused-ring (bicyclic) bond motifs is 2. The van der Waals surface area contributed by atoms with Crippen molar-refractivity contribution in [2.45, 2.75) is 26.4 Å². The van der Waals surface area contributed by atoms with Gasteiger partial charge in [0.2, 0.25) is 5.91 Å². The SMILES string of the molecule is Cc1ccccc1CN1C(=O)C(C)Nc2cc3c(cc21)OCCO3. The first-order valence-corrected chi connectivity index (χ1v) is 8.19. The van der Waals surface area contributed by atoms with Gasteiger partial charge in [-0.3, -0.25) is 4.79 Å². The van der Waals surface area contributed by atoms with E-state index < -0.39 is 0 Å². The van der Waals surface area contributed by atoms with E-state index in [1.165, 1.54) is 5.56 Å². The Morgan fingerprint density at radius 1 is 1.17 bits per heavy atom. The second-order valence-electron chi connectivity index (χ2n) is 6.23. The normalized spacial score (nSPS) is 18.8. The minimum atomic E-state index is -0.274. The van der Waals surface area contributed by atoms with Gasteiger partial charge in [0.05, 0.1) is 17.9 Å². The van der Waals surface area contributed by atoms with Gasteiger partial charge in [-0.05, 0) is 25.0 Å². The predicted molar refractivity (Wildman–Crippen MR) is 92.9 cm³/mol. The van der Waals surface area contributed by atoms with Crippen LogP contribution >= 0.6 is 0 Å². The Bertz CT molecular complexity index is 803. The van der Waals surface area contributed by atoms with Crippen molar-refractivity contribution in [3.05, 3.63) is 47.5 Å². The van der Waals surface area contributed by atoms with E-state index in [1.54, 1.807) is 0 Å². The van der Waals surface area contributed by atoms with Crippen molar-refractivity contribution in [1.29, 1.82) is 0 Å². The number of anilines is 2. The lowest BCUT2D eigenvalue weighted by atomic mass is 10.0. The summed E-state index contributed by atoms with van der Waals surface area (Å²) < 4.78 is 11.3. The highest BCUT2D eigenvalue weighted by Gasteiger charge is 2.32. The molecule has 124 valence electrons. The maximum atomic E-state index is 12.8. The Morgan fingerprint density at radius 3 is 2.62 bits per heavy atom. The third-order valence-electron chi connectivity index (χ3n) is 4.55. The van der Waals surface area contributed by atoms with Gasteiger partial charge >= 0.3 is 0 Å². The standard InChI is InChI=1S/C19H20N2O3/c1-12-5-3-4-6-14(12)11-21-16-10-18-17(23-7-8-24-18)9-15(16)20-13(2)19(21)22/h3-6,9-10,13,20H,7-8,11H2,1-2H3. The predicted octanol–water partition coefficient (Wildman–Crippen LogP) is 3.11. The number of hydrogen-bond acceptors (Lipinski definition) is 4. The lowest BCUT2D eigenvalue weighted by Gasteiger charge is -2.35. The second-order valence-corrected chi connectivity index (χ2v) is 6.23. The van der Waals surface area contributed by atoms with Crippen molar-refractivity contribution >= 4 is 17.3 Å². The Morgan fingerprint density at radius 2 is 1.88 bits per heavy atom. The Kier molecular flexibility index (Phi) is 3.56. The number of carbonyl (C=O) groups is 1. The summed E-state index contributed by atoms with van der Waals surface area (Å²) in [6.07, 6.45) is 0. The molecule has 1 atom stereocenters. The van der Waals surface area contributed by atoms with E-state index >= 15 is 0 Å². The van der Waals surface area contributed by atoms with Gasteiger partial charge in [0.1, 0.15) is 19.3 Å². The van der Waals surface area contributed by atoms with Gasteiger partial charge in [-0.25, -0.2) is 0 Å². The molecular formula is C19H20N2O3. The molecule has 4 rings (SSSR count). The van der Waals surface area contributed by atoms with E-state index in [2.05, 4.69) is 24.4 Å². The highest BCUT2D eigenvalue weighted by atomic mass is 16.6. The molecule has 0 spiro atoms. The van der Waals surface area contributed by atoms with Crippen LogP contribution in [0.25, 0.3) is 0 Å². The van der Waals surface area contributed by atoms with Crippen LogP contribution in [0.2, 0.25) is 0 Å². The molecule has 0 saturated carbocycles. The largest absolute Gasteiger partial charge is 0.486 e. The van der Waals surface area contributed by atoms with Crippen LogP contribution in [0.1, 0.15) is 18.1 Å². The smallest absolute Gasteiger partial charge is 0.249 e. The summed E-state index contributed by atoms with van der Waals surface area (Å²) in [5.41, 5.74) is 4.06. The molecule has 0 radical (unpaired) electrons. The summed E-state index contributed by atoms with van der Waals surface area (Å²) in [6, 6.07) is 11.7. The van der Waals surface area contributed by atoms with E-state index in [0.717, 1.165) is 22.7 Å². The summed E-state index contributed by atoms with van der Waals surface area (Å²) in [5, 5.41) is 3.26. The van der Waals surface area contributed by atoms with Crippen LogP contribution in [0.3, 0.4) is 0 Å². The summed E-state index contributed by atoms with van der Waals surface area (Å²) in [7, 11) is 0. The van der Waals surface area contributed by atoms with Gasteiger partial charge in [-0.15, -0.1) is 0 Å². The zero-order chi connectivity index (χ0) is 16.7. The molecule has 2 heterocycles. The average Bonchev–Trinajstić information content (AvgIpc) is 2.59. The quantitative estimate of drug-likeness (QED) is 0.922. The van der Waals surface area contributed by atoms with Crippen molar-refractivity contribution in [3.8, 4) is 11.5 Å². The Balaban J connectivity index is 1.77. The summed E-state index contributed by atoms with van der Waals surface area (Å²) in [5.74, 6) is 1.48. The third kappa shape index (κ3) is 2.46. The number of amides is 1. The number of hydrogen-bond donors (Lipinski definition) is 1. The second kappa shape index (κ2) is 5.74. The van der Waals surface area contributed by atoms with Gasteiger partial charge in [-0.1, -0.05) is 24.3 Å². The number of benzene rings is 2. The minimum Gasteiger partial charge on any atom is -0.486 e. The van der Waals surface area contributed by atoms with Crippen LogP contribution < -0.4 is 19.7 Å². The van der Waals surface area contributed by atoms with Crippen molar-refractivity contribution in [2.24, 2.45) is 0 Å². The molecule has 0 aliphatic carbocycles. The molecule has 0 saturated heterocycles. The average molecular weight is 324 g/mol. The first-order valence-electron chi connectivity index (χ1n) is 8.19. The number of rotatable bonds is 2. The monoisotopic (exact) mass is 324 g/mol. The zero-order valence-electron chi connectivity index (χ0n) is 13.8. The zero-order valence-corrected chi connectivity index (χ0v) is 13.8. The van der Waals surface area contributed by atoms with Crippen molar-refractivity contribution in [2.75, 3.05) is 23.4 Å². The lowest BCUT2D eigenvalue weighted by Crippen LogP contribution is -2.45. The van der Waals surface area contributed by atoms with Crippen molar-refractivity contribution in [3.63, 3.8) is 0 Å². The number of aryl methyl sites for hydroxylation is 1. The van der Waals surface area contributed by atoms with Gasteiger partial charge in [-0.2, -0.15) is 0 Å². The molecule has 1 amide bonds. The van der Waals surface area contributed by atoms with Crippen LogP contribution in [0.4, 0.5) is 11.4 Å². The van der Waals surface area contributed by atoms with Crippen LogP contribution in [-0.4, -0.2) is 25.2 Å². The van der Waals surface area contributed by atoms with Crippen LogP contribution in [0, 0.1) is 6.92 Å². The summed E-state index contributed by atoms with van der Waals surface area (Å²) in [6.45, 7) is 5.57. The van der Waals surface area contributed by atoms with E-state index in [0.29, 0.717) is 25.5 Å². The van der Waals surface area contributed by atoms with Crippen LogP contribution in [-0.2, 0) is 11.3 Å². The topological polar surface area (TPSA) is 50.8 Å². The molecule has 2 aromatic rings. The molecule has 24 heavy (non-hydrogen) atoms. The fourth-order valence-electron chi connectivity index (χ4n) is 3.19. The Labute approximate surface area is 141 Å². The molecular weight excluding hydrogens is 304 g/mol. The number of nitrogens with one attached hydrogen (secondary N) is 1.